The molecular weight excluding hydrogens is 305 g/mol. The van der Waals surface area contributed by atoms with Crippen LogP contribution in [0.15, 0.2) is 12.1 Å². The van der Waals surface area contributed by atoms with Gasteiger partial charge in [0, 0.05) is 7.05 Å². The van der Waals surface area contributed by atoms with Crippen LogP contribution in [0.3, 0.4) is 0 Å². The first-order valence-electron chi connectivity index (χ1n) is 4.27. The molecule has 0 aliphatic carbocycles. The van der Waals surface area contributed by atoms with Gasteiger partial charge in [-0.1, -0.05) is 0 Å². The Bertz CT molecular complexity index is 565. The Balaban J connectivity index is 0.00000144. The molecule has 8 heteroatoms. The third-order valence-corrected chi connectivity index (χ3v) is 2.23. The zero-order valence-corrected chi connectivity index (χ0v) is 10.2. The van der Waals surface area contributed by atoms with Crippen LogP contribution < -0.4 is 0 Å². The second kappa shape index (κ2) is 4.10. The summed E-state index contributed by atoms with van der Waals surface area (Å²) in [6, 6.07) is 2.20. The third kappa shape index (κ3) is 2.04. The van der Waals surface area contributed by atoms with Gasteiger partial charge in [-0.25, -0.2) is 4.98 Å². The number of benzene rings is 1. The first kappa shape index (κ1) is 13.6. The van der Waals surface area contributed by atoms with E-state index in [1.54, 1.807) is 0 Å². The highest BCUT2D eigenvalue weighted by Gasteiger charge is 2.37. The van der Waals surface area contributed by atoms with E-state index in [-0.39, 0.29) is 33.8 Å². The van der Waals surface area contributed by atoms with Crippen molar-refractivity contribution in [2.75, 3.05) is 0 Å². The number of phenolic OH excluding ortho intramolecular Hbond substituents is 2. The van der Waals surface area contributed by atoms with Crippen LogP contribution in [0, 0.1) is 0 Å². The second-order valence-electron chi connectivity index (χ2n) is 3.29. The van der Waals surface area contributed by atoms with Gasteiger partial charge in [-0.15, -0.1) is 17.0 Å². The van der Waals surface area contributed by atoms with Crippen molar-refractivity contribution in [3.05, 3.63) is 18.0 Å². The van der Waals surface area contributed by atoms with Crippen molar-refractivity contribution >= 4 is 28.0 Å². The molecule has 2 rings (SSSR count). The standard InChI is InChI=1S/C9H7F3N2O2.BrH/c1-14-7-5(16)3-2-4(15)6(7)13-8(14)9(10,11)12;/h2-3,15-16H,1H3;1H. The number of phenols is 2. The highest BCUT2D eigenvalue weighted by molar-refractivity contribution is 8.93. The van der Waals surface area contributed by atoms with Crippen LogP contribution in [0.5, 0.6) is 11.5 Å². The zero-order valence-electron chi connectivity index (χ0n) is 8.49. The number of rotatable bonds is 0. The average molecular weight is 313 g/mol. The molecule has 2 N–H and O–H groups in total. The van der Waals surface area contributed by atoms with Crippen LogP contribution in [0.25, 0.3) is 11.0 Å². The molecule has 17 heavy (non-hydrogen) atoms. The number of aromatic hydroxyl groups is 2. The van der Waals surface area contributed by atoms with Gasteiger partial charge in [0.05, 0.1) is 0 Å². The van der Waals surface area contributed by atoms with Crippen LogP contribution in [-0.2, 0) is 13.2 Å². The minimum absolute atomic E-state index is 0. The van der Waals surface area contributed by atoms with Gasteiger partial charge >= 0.3 is 6.18 Å². The van der Waals surface area contributed by atoms with E-state index in [0.717, 1.165) is 19.2 Å². The summed E-state index contributed by atoms with van der Waals surface area (Å²) < 4.78 is 38.2. The molecule has 94 valence electrons. The topological polar surface area (TPSA) is 58.3 Å². The number of aromatic nitrogens is 2. The van der Waals surface area contributed by atoms with E-state index in [2.05, 4.69) is 4.98 Å². The molecule has 1 aromatic heterocycles. The maximum absolute atomic E-state index is 12.5. The fourth-order valence-corrected chi connectivity index (χ4v) is 1.54. The molecular formula is C9H8BrF3N2O2. The number of imidazole rings is 1. The SMILES string of the molecule is Br.Cn1c(C(F)(F)F)nc2c(O)ccc(O)c21. The molecule has 0 amide bonds. The van der Waals surface area contributed by atoms with Crippen molar-refractivity contribution in [2.24, 2.45) is 7.05 Å². The van der Waals surface area contributed by atoms with Gasteiger partial charge in [0.1, 0.15) is 22.5 Å². The van der Waals surface area contributed by atoms with Gasteiger partial charge in [0.25, 0.3) is 0 Å². The van der Waals surface area contributed by atoms with Crippen molar-refractivity contribution in [3.8, 4) is 11.5 Å². The Morgan fingerprint density at radius 3 is 2.18 bits per heavy atom. The van der Waals surface area contributed by atoms with Crippen LogP contribution in [0.4, 0.5) is 13.2 Å². The highest BCUT2D eigenvalue weighted by Crippen LogP contribution is 2.36. The molecule has 0 saturated heterocycles. The molecule has 2 aromatic rings. The molecule has 1 heterocycles. The number of hydrogen-bond donors (Lipinski definition) is 2. The highest BCUT2D eigenvalue weighted by atomic mass is 79.9. The maximum atomic E-state index is 12.5. The minimum atomic E-state index is -4.63. The fourth-order valence-electron chi connectivity index (χ4n) is 1.54. The summed E-state index contributed by atoms with van der Waals surface area (Å²) in [5, 5.41) is 18.8. The van der Waals surface area contributed by atoms with Crippen LogP contribution in [0.2, 0.25) is 0 Å². The predicted molar refractivity (Wildman–Crippen MR) is 59.4 cm³/mol. The number of alkyl halides is 3. The quantitative estimate of drug-likeness (QED) is 0.735. The molecule has 4 nitrogen and oxygen atoms in total. The minimum Gasteiger partial charge on any atom is -0.506 e. The van der Waals surface area contributed by atoms with Crippen molar-refractivity contribution in [1.82, 2.24) is 9.55 Å². The van der Waals surface area contributed by atoms with Gasteiger partial charge < -0.3 is 14.8 Å². The van der Waals surface area contributed by atoms with Gasteiger partial charge in [-0.05, 0) is 12.1 Å². The van der Waals surface area contributed by atoms with Crippen molar-refractivity contribution in [2.45, 2.75) is 6.18 Å². The number of fused-ring (bicyclic) bond motifs is 1. The number of halogens is 4. The summed E-state index contributed by atoms with van der Waals surface area (Å²) in [7, 11) is 1.12. The average Bonchev–Trinajstić information content (AvgIpc) is 2.51. The number of hydrogen-bond acceptors (Lipinski definition) is 3. The summed E-state index contributed by atoms with van der Waals surface area (Å²) in [5.74, 6) is -1.93. The lowest BCUT2D eigenvalue weighted by molar-refractivity contribution is -0.146. The van der Waals surface area contributed by atoms with Crippen LogP contribution in [-0.4, -0.2) is 19.8 Å². The van der Waals surface area contributed by atoms with Crippen molar-refractivity contribution in [3.63, 3.8) is 0 Å². The van der Waals surface area contributed by atoms with E-state index in [0.29, 0.717) is 4.57 Å². The molecule has 0 radical (unpaired) electrons. The molecule has 0 unspecified atom stereocenters. The zero-order chi connectivity index (χ0) is 12.1. The summed E-state index contributed by atoms with van der Waals surface area (Å²) >= 11 is 0. The monoisotopic (exact) mass is 312 g/mol. The van der Waals surface area contributed by atoms with Gasteiger partial charge in [-0.3, -0.25) is 0 Å². The molecule has 0 fully saturated rings. The molecule has 1 aromatic carbocycles. The number of nitrogens with zero attached hydrogens (tertiary/aromatic N) is 2. The summed E-state index contributed by atoms with van der Waals surface area (Å²) in [6.07, 6.45) is -4.63. The molecule has 0 aliphatic heterocycles. The Morgan fingerprint density at radius 1 is 1.18 bits per heavy atom. The van der Waals surface area contributed by atoms with E-state index < -0.39 is 17.8 Å². The van der Waals surface area contributed by atoms with Gasteiger partial charge in [-0.2, -0.15) is 13.2 Å². The maximum Gasteiger partial charge on any atom is 0.449 e. The van der Waals surface area contributed by atoms with Crippen molar-refractivity contribution < 1.29 is 23.4 Å². The summed E-state index contributed by atoms with van der Waals surface area (Å²) in [6.45, 7) is 0. The van der Waals surface area contributed by atoms with Crippen LogP contribution in [0.1, 0.15) is 5.82 Å². The summed E-state index contributed by atoms with van der Waals surface area (Å²) in [5.41, 5.74) is -0.415. The van der Waals surface area contributed by atoms with E-state index >= 15 is 0 Å². The smallest absolute Gasteiger partial charge is 0.449 e. The Kier molecular flexibility index (Phi) is 3.28. The van der Waals surface area contributed by atoms with Crippen LogP contribution >= 0.6 is 17.0 Å². The number of aryl methyl sites for hydroxylation is 1. The fraction of sp³-hybridized carbons (Fsp3) is 0.222. The third-order valence-electron chi connectivity index (χ3n) is 2.23. The summed E-state index contributed by atoms with van der Waals surface area (Å²) in [4.78, 5) is 3.27. The van der Waals surface area contributed by atoms with E-state index in [9.17, 15) is 23.4 Å². The van der Waals surface area contributed by atoms with E-state index in [4.69, 9.17) is 0 Å². The largest absolute Gasteiger partial charge is 0.506 e. The first-order valence-corrected chi connectivity index (χ1v) is 4.27. The molecule has 0 spiro atoms. The second-order valence-corrected chi connectivity index (χ2v) is 3.29. The molecule has 0 saturated carbocycles. The van der Waals surface area contributed by atoms with E-state index in [1.807, 2.05) is 0 Å². The molecule has 0 bridgehead atoms. The van der Waals surface area contributed by atoms with Crippen molar-refractivity contribution in [1.29, 1.82) is 0 Å². The lowest BCUT2D eigenvalue weighted by Crippen LogP contribution is -2.12. The van der Waals surface area contributed by atoms with Gasteiger partial charge in [0.15, 0.2) is 0 Å². The molecule has 0 atom stereocenters. The first-order chi connectivity index (χ1) is 7.32. The Hall–Kier alpha value is -1.44. The predicted octanol–water partition coefficient (Wildman–Crippen LogP) is 2.58. The normalized spacial score (nSPS) is 11.5. The van der Waals surface area contributed by atoms with E-state index in [1.165, 1.54) is 0 Å². The lowest BCUT2D eigenvalue weighted by Gasteiger charge is -2.05. The molecule has 0 aliphatic rings. The Labute approximate surface area is 104 Å². The Morgan fingerprint density at radius 2 is 1.71 bits per heavy atom. The lowest BCUT2D eigenvalue weighted by atomic mass is 10.2. The van der Waals surface area contributed by atoms with Gasteiger partial charge in [0.2, 0.25) is 5.82 Å².